The minimum absolute atomic E-state index is 0.360. The molecule has 0 aromatic rings. The van der Waals surface area contributed by atoms with Gasteiger partial charge < -0.3 is 10.0 Å². The quantitative estimate of drug-likeness (QED) is 0.610. The molecule has 2 heteroatoms. The third-order valence-electron chi connectivity index (χ3n) is 2.04. The topological polar surface area (TPSA) is 23.5 Å². The first kappa shape index (κ1) is 8.34. The predicted molar refractivity (Wildman–Crippen MR) is 46.1 cm³/mol. The highest BCUT2D eigenvalue weighted by atomic mass is 16.3. The van der Waals surface area contributed by atoms with Gasteiger partial charge in [0.15, 0.2) is 0 Å². The van der Waals surface area contributed by atoms with E-state index >= 15 is 0 Å². The summed E-state index contributed by atoms with van der Waals surface area (Å²) in [4.78, 5) is 2.09. The molecule has 2 unspecified atom stereocenters. The third kappa shape index (κ3) is 1.84. The van der Waals surface area contributed by atoms with Crippen molar-refractivity contribution >= 4 is 0 Å². The van der Waals surface area contributed by atoms with Crippen LogP contribution in [0.2, 0.25) is 0 Å². The number of hydrogen-bond donors (Lipinski definition) is 1. The van der Waals surface area contributed by atoms with E-state index in [2.05, 4.69) is 17.9 Å². The maximum absolute atomic E-state index is 9.23. The summed E-state index contributed by atoms with van der Waals surface area (Å²) in [7, 11) is 2.01. The molecule has 1 aliphatic heterocycles. The molecule has 1 rings (SSSR count). The van der Waals surface area contributed by atoms with Crippen LogP contribution in [0.25, 0.3) is 0 Å². The average molecular weight is 153 g/mol. The third-order valence-corrected chi connectivity index (χ3v) is 2.04. The van der Waals surface area contributed by atoms with E-state index in [0.29, 0.717) is 6.04 Å². The Morgan fingerprint density at radius 2 is 2.27 bits per heavy atom. The summed E-state index contributed by atoms with van der Waals surface area (Å²) in [6.07, 6.45) is 5.69. The normalized spacial score (nSPS) is 26.7. The zero-order valence-electron chi connectivity index (χ0n) is 7.28. The molecule has 62 valence electrons. The molecule has 0 aromatic heterocycles. The van der Waals surface area contributed by atoms with Gasteiger partial charge in [-0.15, -0.1) is 0 Å². The van der Waals surface area contributed by atoms with E-state index in [9.17, 15) is 5.11 Å². The summed E-state index contributed by atoms with van der Waals surface area (Å²) in [5, 5.41) is 9.23. The van der Waals surface area contributed by atoms with Crippen LogP contribution < -0.4 is 0 Å². The average Bonchev–Trinajstić information content (AvgIpc) is 1.94. The SMILES string of the molecule is CC(O)C1=CN(C)C(C)C=C1. The smallest absolute Gasteiger partial charge is 0.0775 e. The van der Waals surface area contributed by atoms with Crippen molar-refractivity contribution in [3.63, 3.8) is 0 Å². The van der Waals surface area contributed by atoms with Gasteiger partial charge in [-0.05, 0) is 19.4 Å². The molecule has 0 fully saturated rings. The number of aliphatic hydroxyl groups is 1. The lowest BCUT2D eigenvalue weighted by Gasteiger charge is -2.25. The minimum Gasteiger partial charge on any atom is -0.389 e. The lowest BCUT2D eigenvalue weighted by atomic mass is 10.1. The molecule has 0 aliphatic carbocycles. The van der Waals surface area contributed by atoms with Crippen molar-refractivity contribution in [2.24, 2.45) is 0 Å². The van der Waals surface area contributed by atoms with Gasteiger partial charge in [0.2, 0.25) is 0 Å². The Balaban J connectivity index is 2.72. The Kier molecular flexibility index (Phi) is 2.35. The lowest BCUT2D eigenvalue weighted by molar-refractivity contribution is 0.229. The number of rotatable bonds is 1. The molecule has 2 atom stereocenters. The van der Waals surface area contributed by atoms with E-state index in [1.54, 1.807) is 6.92 Å². The molecule has 11 heavy (non-hydrogen) atoms. The Hall–Kier alpha value is -0.760. The van der Waals surface area contributed by atoms with Crippen molar-refractivity contribution < 1.29 is 5.11 Å². The first-order valence-corrected chi connectivity index (χ1v) is 3.91. The van der Waals surface area contributed by atoms with Gasteiger partial charge in [0.1, 0.15) is 0 Å². The molecule has 0 spiro atoms. The van der Waals surface area contributed by atoms with Crippen LogP contribution in [-0.2, 0) is 0 Å². The molecule has 2 nitrogen and oxygen atoms in total. The Labute approximate surface area is 67.8 Å². The van der Waals surface area contributed by atoms with Gasteiger partial charge in [-0.25, -0.2) is 0 Å². The van der Waals surface area contributed by atoms with Crippen molar-refractivity contribution in [3.05, 3.63) is 23.9 Å². The van der Waals surface area contributed by atoms with E-state index in [1.807, 2.05) is 19.3 Å². The molecular formula is C9H15NO. The van der Waals surface area contributed by atoms with Gasteiger partial charge in [-0.3, -0.25) is 0 Å². The van der Waals surface area contributed by atoms with Crippen molar-refractivity contribution in [2.45, 2.75) is 26.0 Å². The van der Waals surface area contributed by atoms with Gasteiger partial charge in [-0.2, -0.15) is 0 Å². The van der Waals surface area contributed by atoms with Crippen LogP contribution >= 0.6 is 0 Å². The van der Waals surface area contributed by atoms with Crippen LogP contribution in [0, 0.1) is 0 Å². The fourth-order valence-electron chi connectivity index (χ4n) is 1.03. The van der Waals surface area contributed by atoms with Gasteiger partial charge >= 0.3 is 0 Å². The van der Waals surface area contributed by atoms with Crippen LogP contribution in [0.5, 0.6) is 0 Å². The van der Waals surface area contributed by atoms with Gasteiger partial charge in [0.25, 0.3) is 0 Å². The first-order chi connectivity index (χ1) is 5.11. The zero-order chi connectivity index (χ0) is 8.43. The highest BCUT2D eigenvalue weighted by Crippen LogP contribution is 2.13. The van der Waals surface area contributed by atoms with E-state index in [0.717, 1.165) is 5.57 Å². The summed E-state index contributed by atoms with van der Waals surface area (Å²) < 4.78 is 0. The van der Waals surface area contributed by atoms with Crippen molar-refractivity contribution in [2.75, 3.05) is 7.05 Å². The van der Waals surface area contributed by atoms with Crippen molar-refractivity contribution in [1.29, 1.82) is 0 Å². The van der Waals surface area contributed by atoms with Crippen molar-refractivity contribution in [1.82, 2.24) is 4.90 Å². The molecule has 1 aliphatic rings. The van der Waals surface area contributed by atoms with E-state index in [-0.39, 0.29) is 6.10 Å². The molecule has 0 aromatic carbocycles. The van der Waals surface area contributed by atoms with Gasteiger partial charge in [0, 0.05) is 19.3 Å². The van der Waals surface area contributed by atoms with Gasteiger partial charge in [0.05, 0.1) is 6.10 Å². The minimum atomic E-state index is -0.360. The molecule has 0 saturated heterocycles. The fraction of sp³-hybridized carbons (Fsp3) is 0.556. The molecule has 0 radical (unpaired) electrons. The maximum atomic E-state index is 9.23. The van der Waals surface area contributed by atoms with Crippen LogP contribution in [-0.4, -0.2) is 29.2 Å². The number of likely N-dealkylation sites (N-methyl/N-ethyl adjacent to an activating group) is 1. The van der Waals surface area contributed by atoms with Crippen molar-refractivity contribution in [3.8, 4) is 0 Å². The van der Waals surface area contributed by atoms with Crippen LogP contribution in [0.4, 0.5) is 0 Å². The zero-order valence-corrected chi connectivity index (χ0v) is 7.28. The molecule has 1 N–H and O–H groups in total. The van der Waals surface area contributed by atoms with Gasteiger partial charge in [-0.1, -0.05) is 12.2 Å². The second-order valence-electron chi connectivity index (χ2n) is 3.07. The predicted octanol–water partition coefficient (Wildman–Crippen LogP) is 1.14. The molecule has 1 heterocycles. The molecule has 0 amide bonds. The Morgan fingerprint density at radius 1 is 1.64 bits per heavy atom. The fourth-order valence-corrected chi connectivity index (χ4v) is 1.03. The van der Waals surface area contributed by atoms with E-state index < -0.39 is 0 Å². The molecular weight excluding hydrogens is 138 g/mol. The highest BCUT2D eigenvalue weighted by molar-refractivity contribution is 5.26. The Bertz CT molecular complexity index is 194. The number of nitrogens with zero attached hydrogens (tertiary/aromatic N) is 1. The highest BCUT2D eigenvalue weighted by Gasteiger charge is 2.10. The number of hydrogen-bond acceptors (Lipinski definition) is 2. The summed E-state index contributed by atoms with van der Waals surface area (Å²) in [5.74, 6) is 0. The first-order valence-electron chi connectivity index (χ1n) is 3.91. The van der Waals surface area contributed by atoms with E-state index in [1.165, 1.54) is 0 Å². The van der Waals surface area contributed by atoms with Crippen LogP contribution in [0.15, 0.2) is 23.9 Å². The Morgan fingerprint density at radius 3 is 2.73 bits per heavy atom. The second kappa shape index (κ2) is 3.09. The monoisotopic (exact) mass is 153 g/mol. The standard InChI is InChI=1S/C9H15NO/c1-7-4-5-9(8(2)11)6-10(7)3/h4-8,11H,1-3H3. The maximum Gasteiger partial charge on any atom is 0.0775 e. The summed E-state index contributed by atoms with van der Waals surface area (Å²) in [5.41, 5.74) is 0.977. The lowest BCUT2D eigenvalue weighted by Crippen LogP contribution is -2.26. The van der Waals surface area contributed by atoms with E-state index in [4.69, 9.17) is 0 Å². The summed E-state index contributed by atoms with van der Waals surface area (Å²) >= 11 is 0. The number of aliphatic hydroxyl groups excluding tert-OH is 1. The van der Waals surface area contributed by atoms with Crippen LogP contribution in [0.3, 0.4) is 0 Å². The largest absolute Gasteiger partial charge is 0.389 e. The summed E-state index contributed by atoms with van der Waals surface area (Å²) in [6, 6.07) is 0.442. The summed E-state index contributed by atoms with van der Waals surface area (Å²) in [6.45, 7) is 3.89. The molecule has 0 bridgehead atoms. The molecule has 0 saturated carbocycles. The van der Waals surface area contributed by atoms with Crippen LogP contribution in [0.1, 0.15) is 13.8 Å². The second-order valence-corrected chi connectivity index (χ2v) is 3.07.